The summed E-state index contributed by atoms with van der Waals surface area (Å²) in [5.74, 6) is 0.0352. The molecule has 1 aromatic carbocycles. The third-order valence-corrected chi connectivity index (χ3v) is 6.82. The number of rotatable bonds is 10. The number of hydrogen-bond acceptors (Lipinski definition) is 4. The average Bonchev–Trinajstić information content (AvgIpc) is 3.22. The number of nitrogens with one attached hydrogen (secondary N) is 3. The van der Waals surface area contributed by atoms with Crippen LogP contribution in [-0.4, -0.2) is 34.6 Å². The number of anilines is 1. The predicted molar refractivity (Wildman–Crippen MR) is 162 cm³/mol. The van der Waals surface area contributed by atoms with Crippen molar-refractivity contribution in [3.8, 4) is 0 Å². The van der Waals surface area contributed by atoms with Crippen LogP contribution in [0, 0.1) is 11.2 Å². The summed E-state index contributed by atoms with van der Waals surface area (Å²) in [7, 11) is 0. The van der Waals surface area contributed by atoms with Crippen molar-refractivity contribution in [1.29, 1.82) is 0 Å². The van der Waals surface area contributed by atoms with Gasteiger partial charge >= 0.3 is 0 Å². The molecule has 0 bridgehead atoms. The number of halogens is 4. The number of carbonyl (C=O) groups excluding carboxylic acids is 1. The molecule has 0 radical (unpaired) electrons. The summed E-state index contributed by atoms with van der Waals surface area (Å²) in [5.41, 5.74) is 1.87. The lowest BCUT2D eigenvalue weighted by atomic mass is 9.87. The number of aryl methyl sites for hydroxylation is 1. The number of imidazole rings is 1. The van der Waals surface area contributed by atoms with E-state index in [9.17, 15) is 9.18 Å². The SMILES string of the molecule is Br.Br.CCC[C@H](N[C@H]1CCCc2cc(F)c(Cl)cc21)C(=O)Nc1nccn1C(C)(C)CNCC(C)(C)C. The van der Waals surface area contributed by atoms with Gasteiger partial charge in [0.25, 0.3) is 0 Å². The van der Waals surface area contributed by atoms with E-state index in [-0.39, 0.29) is 67.7 Å². The van der Waals surface area contributed by atoms with Crippen LogP contribution in [0.4, 0.5) is 10.3 Å². The molecule has 37 heavy (non-hydrogen) atoms. The van der Waals surface area contributed by atoms with Crippen LogP contribution >= 0.6 is 45.6 Å². The highest BCUT2D eigenvalue weighted by atomic mass is 79.9. The van der Waals surface area contributed by atoms with Crippen molar-refractivity contribution in [2.75, 3.05) is 18.4 Å². The Bertz CT molecular complexity index is 1020. The van der Waals surface area contributed by atoms with Gasteiger partial charge in [0.15, 0.2) is 0 Å². The Morgan fingerprint density at radius 1 is 1.22 bits per heavy atom. The average molecular weight is 668 g/mol. The number of carbonyl (C=O) groups is 1. The third kappa shape index (κ3) is 9.31. The smallest absolute Gasteiger partial charge is 0.243 e. The van der Waals surface area contributed by atoms with Crippen LogP contribution in [0.2, 0.25) is 5.02 Å². The molecule has 10 heteroatoms. The Kier molecular flexibility index (Phi) is 13.2. The molecule has 2 aromatic rings. The van der Waals surface area contributed by atoms with E-state index in [0.29, 0.717) is 12.4 Å². The highest BCUT2D eigenvalue weighted by molar-refractivity contribution is 8.93. The van der Waals surface area contributed by atoms with E-state index < -0.39 is 6.04 Å². The molecule has 0 aliphatic heterocycles. The fourth-order valence-electron chi connectivity index (χ4n) is 4.70. The van der Waals surface area contributed by atoms with Crippen LogP contribution < -0.4 is 16.0 Å². The maximum absolute atomic E-state index is 14.0. The van der Waals surface area contributed by atoms with Crippen LogP contribution in [0.3, 0.4) is 0 Å². The third-order valence-electron chi connectivity index (χ3n) is 6.53. The highest BCUT2D eigenvalue weighted by Gasteiger charge is 2.29. The Balaban J connectivity index is 0.00000342. The van der Waals surface area contributed by atoms with Crippen molar-refractivity contribution in [3.05, 3.63) is 46.5 Å². The van der Waals surface area contributed by atoms with Gasteiger partial charge in [0.1, 0.15) is 5.82 Å². The van der Waals surface area contributed by atoms with Gasteiger partial charge in [-0.05, 0) is 68.2 Å². The van der Waals surface area contributed by atoms with Crippen molar-refractivity contribution in [2.45, 2.75) is 91.3 Å². The molecule has 210 valence electrons. The number of amides is 1. The van der Waals surface area contributed by atoms with Crippen LogP contribution in [0.5, 0.6) is 0 Å². The van der Waals surface area contributed by atoms with Crippen molar-refractivity contribution in [1.82, 2.24) is 20.2 Å². The van der Waals surface area contributed by atoms with Gasteiger partial charge < -0.3 is 9.88 Å². The second-order valence-corrected chi connectivity index (χ2v) is 11.9. The molecular formula is C27H43Br2ClFN5O. The second-order valence-electron chi connectivity index (χ2n) is 11.5. The highest BCUT2D eigenvalue weighted by Crippen LogP contribution is 2.34. The van der Waals surface area contributed by atoms with E-state index in [2.05, 4.69) is 62.5 Å². The molecule has 1 amide bonds. The summed E-state index contributed by atoms with van der Waals surface area (Å²) in [6, 6.07) is 2.81. The number of fused-ring (bicyclic) bond motifs is 1. The molecule has 6 nitrogen and oxygen atoms in total. The lowest BCUT2D eigenvalue weighted by Crippen LogP contribution is -2.45. The number of benzene rings is 1. The maximum atomic E-state index is 14.0. The normalized spacial score (nSPS) is 16.3. The maximum Gasteiger partial charge on any atom is 0.243 e. The van der Waals surface area contributed by atoms with Gasteiger partial charge in [-0.1, -0.05) is 45.7 Å². The zero-order valence-corrected chi connectivity index (χ0v) is 27.0. The lowest BCUT2D eigenvalue weighted by Gasteiger charge is -2.32. The lowest BCUT2D eigenvalue weighted by molar-refractivity contribution is -0.118. The molecule has 0 fully saturated rings. The minimum atomic E-state index is -0.396. The predicted octanol–water partition coefficient (Wildman–Crippen LogP) is 6.98. The Hall–Kier alpha value is -1.00. The van der Waals surface area contributed by atoms with E-state index in [1.807, 2.05) is 10.8 Å². The molecule has 0 saturated carbocycles. The van der Waals surface area contributed by atoms with E-state index in [1.54, 1.807) is 12.3 Å². The first kappa shape index (κ1) is 34.0. The molecule has 1 aromatic heterocycles. The molecule has 0 saturated heterocycles. The van der Waals surface area contributed by atoms with Gasteiger partial charge in [0.2, 0.25) is 11.9 Å². The Morgan fingerprint density at radius 3 is 2.57 bits per heavy atom. The molecule has 3 rings (SSSR count). The van der Waals surface area contributed by atoms with Gasteiger partial charge in [-0.2, -0.15) is 0 Å². The van der Waals surface area contributed by atoms with Crippen LogP contribution in [-0.2, 0) is 16.8 Å². The standard InChI is InChI=1S/C27H41ClFN5O.2BrH/c1-7-9-23(32-22-11-8-10-18-14-21(29)20(28)15-19(18)22)24(35)33-25-31-12-13-34(25)27(5,6)17-30-16-26(2,3)4;;/h12-15,22-23,30,32H,7-11,16-17H2,1-6H3,(H,31,33,35);2*1H/t22-,23-;;/m0../s1. The van der Waals surface area contributed by atoms with E-state index in [0.717, 1.165) is 49.9 Å². The van der Waals surface area contributed by atoms with Crippen LogP contribution in [0.25, 0.3) is 0 Å². The molecule has 0 unspecified atom stereocenters. The van der Waals surface area contributed by atoms with Crippen molar-refractivity contribution >= 4 is 57.4 Å². The zero-order valence-electron chi connectivity index (χ0n) is 22.8. The molecule has 1 heterocycles. The molecule has 1 aliphatic rings. The van der Waals surface area contributed by atoms with Gasteiger partial charge in [0.05, 0.1) is 16.6 Å². The van der Waals surface area contributed by atoms with Crippen molar-refractivity contribution < 1.29 is 9.18 Å². The van der Waals surface area contributed by atoms with Crippen molar-refractivity contribution in [2.24, 2.45) is 5.41 Å². The Labute approximate surface area is 247 Å². The number of aromatic nitrogens is 2. The second kappa shape index (κ2) is 14.4. The van der Waals surface area contributed by atoms with Gasteiger partial charge in [-0.25, -0.2) is 9.37 Å². The molecular weight excluding hydrogens is 625 g/mol. The first-order chi connectivity index (χ1) is 16.4. The van der Waals surface area contributed by atoms with Crippen LogP contribution in [0.1, 0.15) is 84.4 Å². The fraction of sp³-hybridized carbons (Fsp3) is 0.630. The zero-order chi connectivity index (χ0) is 25.8. The van der Waals surface area contributed by atoms with E-state index in [4.69, 9.17) is 11.6 Å². The van der Waals surface area contributed by atoms with E-state index >= 15 is 0 Å². The monoisotopic (exact) mass is 665 g/mol. The summed E-state index contributed by atoms with van der Waals surface area (Å²) in [6.45, 7) is 14.6. The van der Waals surface area contributed by atoms with Gasteiger partial charge in [0, 0.05) is 31.5 Å². The summed E-state index contributed by atoms with van der Waals surface area (Å²) in [6.07, 6.45) is 7.80. The van der Waals surface area contributed by atoms with Gasteiger partial charge in [-0.3, -0.25) is 15.4 Å². The Morgan fingerprint density at radius 2 is 1.92 bits per heavy atom. The quantitative estimate of drug-likeness (QED) is 0.256. The van der Waals surface area contributed by atoms with Crippen molar-refractivity contribution in [3.63, 3.8) is 0 Å². The van der Waals surface area contributed by atoms with Crippen LogP contribution in [0.15, 0.2) is 24.5 Å². The van der Waals surface area contributed by atoms with E-state index in [1.165, 1.54) is 6.07 Å². The first-order valence-corrected chi connectivity index (χ1v) is 13.1. The molecule has 1 aliphatic carbocycles. The molecule has 3 N–H and O–H groups in total. The minimum Gasteiger partial charge on any atom is -0.314 e. The minimum absolute atomic E-state index is 0. The first-order valence-electron chi connectivity index (χ1n) is 12.7. The topological polar surface area (TPSA) is 71.0 Å². The largest absolute Gasteiger partial charge is 0.314 e. The molecule has 0 spiro atoms. The van der Waals surface area contributed by atoms with Gasteiger partial charge in [-0.15, -0.1) is 34.0 Å². The summed E-state index contributed by atoms with van der Waals surface area (Å²) < 4.78 is 16.0. The number of nitrogens with zero attached hydrogens (tertiary/aromatic N) is 2. The summed E-state index contributed by atoms with van der Waals surface area (Å²) >= 11 is 6.09. The summed E-state index contributed by atoms with van der Waals surface area (Å²) in [4.78, 5) is 17.8. The summed E-state index contributed by atoms with van der Waals surface area (Å²) in [5, 5.41) is 10.3. The number of hydrogen-bond donors (Lipinski definition) is 3. The fourth-order valence-corrected chi connectivity index (χ4v) is 4.87. The molecule has 2 atom stereocenters.